The number of aliphatic hydroxyl groups is 2. The van der Waals surface area contributed by atoms with Gasteiger partial charge < -0.3 is 14.7 Å². The molecule has 2 unspecified atom stereocenters. The molecule has 0 radical (unpaired) electrons. The van der Waals surface area contributed by atoms with Crippen LogP contribution in [0.25, 0.3) is 0 Å². The van der Waals surface area contributed by atoms with Crippen LogP contribution in [0.5, 0.6) is 0 Å². The molecule has 0 aromatic carbocycles. The molecular weight excluding hydrogens is 154 g/mol. The van der Waals surface area contributed by atoms with E-state index < -0.39 is 0 Å². The molecule has 0 aromatic heterocycles. The van der Waals surface area contributed by atoms with Crippen molar-refractivity contribution in [1.29, 1.82) is 0 Å². The van der Waals surface area contributed by atoms with Gasteiger partial charge in [-0.2, -0.15) is 0 Å². The van der Waals surface area contributed by atoms with E-state index in [4.69, 9.17) is 0 Å². The molecule has 74 valence electrons. The van der Waals surface area contributed by atoms with Gasteiger partial charge in [0, 0.05) is 0 Å². The van der Waals surface area contributed by atoms with Crippen LogP contribution in [0.3, 0.4) is 0 Å². The lowest BCUT2D eigenvalue weighted by atomic mass is 10.2. The van der Waals surface area contributed by atoms with Gasteiger partial charge in [0.2, 0.25) is 0 Å². The van der Waals surface area contributed by atoms with Crippen LogP contribution >= 0.6 is 0 Å². The van der Waals surface area contributed by atoms with Crippen molar-refractivity contribution in [2.75, 3.05) is 26.7 Å². The molecule has 0 saturated heterocycles. The molecule has 0 saturated carbocycles. The van der Waals surface area contributed by atoms with Gasteiger partial charge in [-0.25, -0.2) is 0 Å². The molecule has 0 bridgehead atoms. The summed E-state index contributed by atoms with van der Waals surface area (Å²) >= 11 is 0. The zero-order valence-electron chi connectivity index (χ0n) is 8.62. The molecule has 0 aliphatic carbocycles. The Morgan fingerprint density at radius 3 is 1.58 bits per heavy atom. The third-order valence-electron chi connectivity index (χ3n) is 2.17. The van der Waals surface area contributed by atoms with Crippen LogP contribution < -0.4 is 0 Å². The number of aliphatic hydroxyl groups excluding tert-OH is 2. The molecule has 3 heteroatoms. The molecule has 0 aliphatic heterocycles. The lowest BCUT2D eigenvalue weighted by molar-refractivity contribution is -0.913. The van der Waals surface area contributed by atoms with E-state index in [2.05, 4.69) is 14.0 Å². The Morgan fingerprint density at radius 2 is 1.42 bits per heavy atom. The fourth-order valence-electron chi connectivity index (χ4n) is 1.61. The molecule has 0 aromatic rings. The number of quaternary nitrogens is 1. The summed E-state index contributed by atoms with van der Waals surface area (Å²) in [7, 11) is 2.06. The van der Waals surface area contributed by atoms with Gasteiger partial charge in [-0.05, 0) is 20.8 Å². The summed E-state index contributed by atoms with van der Waals surface area (Å²) in [6, 6.07) is 0. The zero-order valence-corrected chi connectivity index (χ0v) is 8.62. The molecule has 2 N–H and O–H groups in total. The van der Waals surface area contributed by atoms with E-state index in [0.29, 0.717) is 13.1 Å². The summed E-state index contributed by atoms with van der Waals surface area (Å²) in [4.78, 5) is 0. The largest absolute Gasteiger partial charge is 0.388 e. The first-order chi connectivity index (χ1) is 5.39. The summed E-state index contributed by atoms with van der Waals surface area (Å²) in [5.74, 6) is 0. The molecular formula is C9H22NO2+. The lowest BCUT2D eigenvalue weighted by Crippen LogP contribution is -2.51. The first-order valence-electron chi connectivity index (χ1n) is 4.59. The van der Waals surface area contributed by atoms with Gasteiger partial charge in [-0.3, -0.25) is 0 Å². The fourth-order valence-corrected chi connectivity index (χ4v) is 1.61. The van der Waals surface area contributed by atoms with E-state index in [1.807, 2.05) is 0 Å². The van der Waals surface area contributed by atoms with Crippen LogP contribution in [-0.4, -0.2) is 53.6 Å². The molecule has 12 heavy (non-hydrogen) atoms. The van der Waals surface area contributed by atoms with Crippen molar-refractivity contribution < 1.29 is 14.7 Å². The van der Waals surface area contributed by atoms with Crippen LogP contribution in [-0.2, 0) is 0 Å². The van der Waals surface area contributed by atoms with Crippen molar-refractivity contribution in [3.63, 3.8) is 0 Å². The SMILES string of the molecule is CC[N+](C)(CC(C)O)CC(C)O. The third-order valence-corrected chi connectivity index (χ3v) is 2.17. The van der Waals surface area contributed by atoms with Crippen molar-refractivity contribution in [1.82, 2.24) is 0 Å². The van der Waals surface area contributed by atoms with Crippen LogP contribution in [0.4, 0.5) is 0 Å². The van der Waals surface area contributed by atoms with Crippen molar-refractivity contribution >= 4 is 0 Å². The van der Waals surface area contributed by atoms with Crippen LogP contribution in [0.2, 0.25) is 0 Å². The first kappa shape index (κ1) is 11.9. The van der Waals surface area contributed by atoms with E-state index >= 15 is 0 Å². The van der Waals surface area contributed by atoms with Gasteiger partial charge in [0.15, 0.2) is 0 Å². The second-order valence-corrected chi connectivity index (χ2v) is 4.00. The average molecular weight is 176 g/mol. The van der Waals surface area contributed by atoms with Gasteiger partial charge in [0.25, 0.3) is 0 Å². The normalized spacial score (nSPS) is 21.5. The highest BCUT2D eigenvalue weighted by atomic mass is 16.3. The second-order valence-electron chi connectivity index (χ2n) is 4.00. The second kappa shape index (κ2) is 4.80. The van der Waals surface area contributed by atoms with E-state index in [1.54, 1.807) is 13.8 Å². The Labute approximate surface area is 75.2 Å². The van der Waals surface area contributed by atoms with Gasteiger partial charge in [0.1, 0.15) is 25.3 Å². The fraction of sp³-hybridized carbons (Fsp3) is 1.00. The van der Waals surface area contributed by atoms with Crippen molar-refractivity contribution in [2.24, 2.45) is 0 Å². The average Bonchev–Trinajstić information content (AvgIpc) is 1.83. The zero-order chi connectivity index (χ0) is 9.78. The number of likely N-dealkylation sites (N-methyl/N-ethyl adjacent to an activating group) is 1. The molecule has 0 amide bonds. The number of hydrogen-bond acceptors (Lipinski definition) is 2. The monoisotopic (exact) mass is 176 g/mol. The van der Waals surface area contributed by atoms with E-state index in [1.165, 1.54) is 0 Å². The Hall–Kier alpha value is -0.120. The predicted octanol–water partition coefficient (Wildman–Crippen LogP) is 0.214. The topological polar surface area (TPSA) is 40.5 Å². The lowest BCUT2D eigenvalue weighted by Gasteiger charge is -2.35. The van der Waals surface area contributed by atoms with Gasteiger partial charge in [-0.1, -0.05) is 0 Å². The smallest absolute Gasteiger partial charge is 0.105 e. The summed E-state index contributed by atoms with van der Waals surface area (Å²) in [5, 5.41) is 18.5. The molecule has 0 fully saturated rings. The highest BCUT2D eigenvalue weighted by Gasteiger charge is 2.23. The standard InChI is InChI=1S/C9H22NO2/c1-5-10(4,6-8(2)11)7-9(3)12/h8-9,11-12H,5-7H2,1-4H3/q+1. The maximum Gasteiger partial charge on any atom is 0.105 e. The van der Waals surface area contributed by atoms with Crippen molar-refractivity contribution in [3.05, 3.63) is 0 Å². The maximum absolute atomic E-state index is 9.23. The van der Waals surface area contributed by atoms with E-state index in [0.717, 1.165) is 11.0 Å². The minimum absolute atomic E-state index is 0.298. The Bertz CT molecular complexity index is 114. The number of nitrogens with zero attached hydrogens (tertiary/aromatic N) is 1. The van der Waals surface area contributed by atoms with E-state index in [9.17, 15) is 10.2 Å². The first-order valence-corrected chi connectivity index (χ1v) is 4.59. The van der Waals surface area contributed by atoms with Crippen molar-refractivity contribution in [2.45, 2.75) is 33.0 Å². The number of rotatable bonds is 5. The Balaban J connectivity index is 4.04. The minimum atomic E-state index is -0.298. The van der Waals surface area contributed by atoms with Gasteiger partial charge in [-0.15, -0.1) is 0 Å². The molecule has 0 heterocycles. The quantitative estimate of drug-likeness (QED) is 0.588. The summed E-state index contributed by atoms with van der Waals surface area (Å²) in [6.45, 7) is 8.01. The summed E-state index contributed by atoms with van der Waals surface area (Å²) in [5.41, 5.74) is 0. The molecule has 0 spiro atoms. The van der Waals surface area contributed by atoms with Crippen LogP contribution in [0.1, 0.15) is 20.8 Å². The van der Waals surface area contributed by atoms with Gasteiger partial charge >= 0.3 is 0 Å². The van der Waals surface area contributed by atoms with E-state index in [-0.39, 0.29) is 12.2 Å². The predicted molar refractivity (Wildman–Crippen MR) is 49.8 cm³/mol. The molecule has 3 nitrogen and oxygen atoms in total. The van der Waals surface area contributed by atoms with Crippen molar-refractivity contribution in [3.8, 4) is 0 Å². The Morgan fingerprint density at radius 1 is 1.08 bits per heavy atom. The summed E-state index contributed by atoms with van der Waals surface area (Å²) in [6.07, 6.45) is -0.595. The minimum Gasteiger partial charge on any atom is -0.388 e. The number of hydrogen-bond donors (Lipinski definition) is 2. The molecule has 2 atom stereocenters. The maximum atomic E-state index is 9.23. The van der Waals surface area contributed by atoms with Gasteiger partial charge in [0.05, 0.1) is 13.6 Å². The Kier molecular flexibility index (Phi) is 4.75. The van der Waals surface area contributed by atoms with Crippen LogP contribution in [0.15, 0.2) is 0 Å². The van der Waals surface area contributed by atoms with Crippen LogP contribution in [0, 0.1) is 0 Å². The highest BCUT2D eigenvalue weighted by Crippen LogP contribution is 2.05. The summed E-state index contributed by atoms with van der Waals surface area (Å²) < 4.78 is 0.731. The third kappa shape index (κ3) is 4.70. The molecule has 0 rings (SSSR count). The molecule has 0 aliphatic rings. The highest BCUT2D eigenvalue weighted by molar-refractivity contribution is 4.49.